The summed E-state index contributed by atoms with van der Waals surface area (Å²) in [4.78, 5) is 13.5. The molecule has 3 atom stereocenters. The predicted octanol–water partition coefficient (Wildman–Crippen LogP) is 3.12. The maximum atomic E-state index is 11.2. The summed E-state index contributed by atoms with van der Waals surface area (Å²) in [6, 6.07) is 5.69. The number of piperidine rings is 1. The van der Waals surface area contributed by atoms with Gasteiger partial charge in [-0.25, -0.2) is 4.79 Å². The number of aromatic nitrogens is 3. The molecule has 1 aromatic carbocycles. The number of hydrogen-bond acceptors (Lipinski definition) is 5. The van der Waals surface area contributed by atoms with Crippen LogP contribution < -0.4 is 9.64 Å². The molecule has 138 valence electrons. The predicted molar refractivity (Wildman–Crippen MR) is 101 cm³/mol. The van der Waals surface area contributed by atoms with E-state index in [1.807, 2.05) is 24.9 Å². The number of carboxylic acid groups (broad SMARTS) is 1. The standard InChI is InChI=1S/C16H17Cl2N4O3P/c1-26-22-15(14(16(23)24)19-20-22)25-7-11-9-5-21(6-10(9)11)8-2-3-12(17)13(18)4-8/h2-4,9-11,26H,5-7H2,1H3,(H,23,24). The zero-order valence-corrected chi connectivity index (χ0v) is 16.4. The lowest BCUT2D eigenvalue weighted by molar-refractivity contribution is 0.0685. The second kappa shape index (κ2) is 6.87. The van der Waals surface area contributed by atoms with Crippen molar-refractivity contribution in [1.29, 1.82) is 0 Å². The number of nitrogens with zero attached hydrogens (tertiary/aromatic N) is 4. The fraction of sp³-hybridized carbons (Fsp3) is 0.438. The SMILES string of the molecule is CPn1nnc(C(=O)O)c1OCC1C2CN(c3ccc(Cl)c(Cl)c3)CC12. The normalized spacial score (nSPS) is 24.3. The van der Waals surface area contributed by atoms with Crippen molar-refractivity contribution in [3.63, 3.8) is 0 Å². The molecule has 0 radical (unpaired) electrons. The molecule has 1 aromatic heterocycles. The van der Waals surface area contributed by atoms with Crippen molar-refractivity contribution in [2.75, 3.05) is 31.3 Å². The molecule has 2 aromatic rings. The minimum Gasteiger partial charge on any atom is -0.476 e. The van der Waals surface area contributed by atoms with Crippen LogP contribution in [0.4, 0.5) is 5.69 Å². The topological polar surface area (TPSA) is 80.5 Å². The van der Waals surface area contributed by atoms with Gasteiger partial charge in [0.15, 0.2) is 0 Å². The summed E-state index contributed by atoms with van der Waals surface area (Å²) in [5.41, 5.74) is 0.955. The molecule has 0 bridgehead atoms. The van der Waals surface area contributed by atoms with Gasteiger partial charge >= 0.3 is 5.97 Å². The number of fused-ring (bicyclic) bond motifs is 1. The quantitative estimate of drug-likeness (QED) is 0.731. The number of halogens is 2. The molecule has 26 heavy (non-hydrogen) atoms. The fourth-order valence-electron chi connectivity index (χ4n) is 3.65. The van der Waals surface area contributed by atoms with Crippen LogP contribution in [-0.4, -0.2) is 52.2 Å². The monoisotopic (exact) mass is 414 g/mol. The van der Waals surface area contributed by atoms with Gasteiger partial charge < -0.3 is 14.7 Å². The summed E-state index contributed by atoms with van der Waals surface area (Å²) in [7, 11) is 0.266. The minimum atomic E-state index is -1.12. The van der Waals surface area contributed by atoms with Crippen LogP contribution in [0.2, 0.25) is 10.0 Å². The van der Waals surface area contributed by atoms with Crippen LogP contribution in [0.15, 0.2) is 18.2 Å². The first kappa shape index (κ1) is 17.8. The van der Waals surface area contributed by atoms with Crippen molar-refractivity contribution >= 4 is 43.6 Å². The third-order valence-corrected chi connectivity index (χ3v) is 6.55. The summed E-state index contributed by atoms with van der Waals surface area (Å²) in [6.07, 6.45) is 0. The lowest BCUT2D eigenvalue weighted by atomic mass is 10.2. The van der Waals surface area contributed by atoms with Crippen LogP contribution in [0.1, 0.15) is 10.5 Å². The molecule has 2 fully saturated rings. The Labute approximate surface area is 162 Å². The van der Waals surface area contributed by atoms with Gasteiger partial charge in [0.25, 0.3) is 5.88 Å². The van der Waals surface area contributed by atoms with Crippen LogP contribution in [0.5, 0.6) is 5.88 Å². The van der Waals surface area contributed by atoms with Gasteiger partial charge in [-0.3, -0.25) is 0 Å². The highest BCUT2D eigenvalue weighted by atomic mass is 35.5. The molecular weight excluding hydrogens is 398 g/mol. The first-order valence-electron chi connectivity index (χ1n) is 8.19. The number of carbonyl (C=O) groups is 1. The third-order valence-electron chi connectivity index (χ3n) is 5.10. The number of aromatic carboxylic acids is 1. The highest BCUT2D eigenvalue weighted by molar-refractivity contribution is 7.35. The van der Waals surface area contributed by atoms with E-state index in [0.29, 0.717) is 34.4 Å². The largest absolute Gasteiger partial charge is 0.476 e. The molecule has 1 saturated heterocycles. The number of hydrogen-bond donors (Lipinski definition) is 1. The number of anilines is 1. The number of carboxylic acids is 1. The van der Waals surface area contributed by atoms with Crippen LogP contribution in [-0.2, 0) is 0 Å². The zero-order valence-electron chi connectivity index (χ0n) is 13.9. The van der Waals surface area contributed by atoms with Crippen LogP contribution in [0.25, 0.3) is 0 Å². The highest BCUT2D eigenvalue weighted by Crippen LogP contribution is 2.53. The Morgan fingerprint density at radius 3 is 2.69 bits per heavy atom. The lowest BCUT2D eigenvalue weighted by Crippen LogP contribution is -2.25. The Kier molecular flexibility index (Phi) is 4.71. The van der Waals surface area contributed by atoms with Crippen molar-refractivity contribution in [2.45, 2.75) is 0 Å². The van der Waals surface area contributed by atoms with Gasteiger partial charge in [-0.2, -0.15) is 4.45 Å². The van der Waals surface area contributed by atoms with Gasteiger partial charge in [0.05, 0.1) is 16.7 Å². The molecule has 4 rings (SSSR count). The number of ether oxygens (including phenoxy) is 1. The van der Waals surface area contributed by atoms with Crippen molar-refractivity contribution in [1.82, 2.24) is 14.8 Å². The van der Waals surface area contributed by atoms with Crippen LogP contribution in [0.3, 0.4) is 0 Å². The Bertz CT molecular complexity index is 850. The molecule has 1 aliphatic heterocycles. The number of benzene rings is 1. The van der Waals surface area contributed by atoms with Gasteiger partial charge in [0.1, 0.15) is 0 Å². The van der Waals surface area contributed by atoms with E-state index in [9.17, 15) is 9.90 Å². The Hall–Kier alpha value is -1.56. The Morgan fingerprint density at radius 2 is 2.08 bits per heavy atom. The van der Waals surface area contributed by atoms with E-state index >= 15 is 0 Å². The summed E-state index contributed by atoms with van der Waals surface area (Å²) in [6.45, 7) is 4.27. The van der Waals surface area contributed by atoms with E-state index in [1.54, 1.807) is 0 Å². The highest BCUT2D eigenvalue weighted by Gasteiger charge is 2.56. The van der Waals surface area contributed by atoms with Gasteiger partial charge in [-0.1, -0.05) is 28.4 Å². The molecule has 1 N–H and O–H groups in total. The molecule has 0 spiro atoms. The van der Waals surface area contributed by atoms with Gasteiger partial charge in [0.2, 0.25) is 5.69 Å². The molecule has 2 heterocycles. The molecule has 2 aliphatic rings. The lowest BCUT2D eigenvalue weighted by Gasteiger charge is -2.22. The van der Waals surface area contributed by atoms with E-state index < -0.39 is 5.97 Å². The Morgan fingerprint density at radius 1 is 1.35 bits per heavy atom. The van der Waals surface area contributed by atoms with E-state index in [-0.39, 0.29) is 20.3 Å². The summed E-state index contributed by atoms with van der Waals surface area (Å²) in [5.74, 6) is 0.660. The summed E-state index contributed by atoms with van der Waals surface area (Å²) < 4.78 is 7.31. The maximum Gasteiger partial charge on any atom is 0.362 e. The number of rotatable bonds is 6. The molecule has 3 unspecified atom stereocenters. The zero-order chi connectivity index (χ0) is 18.4. The first-order valence-corrected chi connectivity index (χ1v) is 10.4. The Balaban J connectivity index is 1.36. The maximum absolute atomic E-state index is 11.2. The molecule has 10 heteroatoms. The van der Waals surface area contributed by atoms with Crippen LogP contribution >= 0.6 is 31.9 Å². The second-order valence-electron chi connectivity index (χ2n) is 6.49. The average Bonchev–Trinajstić information content (AvgIpc) is 3.00. The van der Waals surface area contributed by atoms with Gasteiger partial charge in [-0.15, -0.1) is 5.10 Å². The van der Waals surface area contributed by atoms with Crippen molar-refractivity contribution in [3.05, 3.63) is 33.9 Å². The van der Waals surface area contributed by atoms with Crippen molar-refractivity contribution in [2.24, 2.45) is 17.8 Å². The van der Waals surface area contributed by atoms with Crippen molar-refractivity contribution < 1.29 is 14.6 Å². The second-order valence-corrected chi connectivity index (χ2v) is 8.17. The van der Waals surface area contributed by atoms with Gasteiger partial charge in [-0.05, 0) is 36.7 Å². The third kappa shape index (κ3) is 3.13. The van der Waals surface area contributed by atoms with Gasteiger partial charge in [0, 0.05) is 33.4 Å². The minimum absolute atomic E-state index is 0.123. The van der Waals surface area contributed by atoms with E-state index in [1.165, 1.54) is 4.45 Å². The summed E-state index contributed by atoms with van der Waals surface area (Å²) >= 11 is 12.1. The fourth-order valence-corrected chi connectivity index (χ4v) is 4.45. The van der Waals surface area contributed by atoms with Crippen molar-refractivity contribution in [3.8, 4) is 5.88 Å². The smallest absolute Gasteiger partial charge is 0.362 e. The molecule has 0 amide bonds. The van der Waals surface area contributed by atoms with E-state index in [0.717, 1.165) is 18.8 Å². The van der Waals surface area contributed by atoms with E-state index in [2.05, 4.69) is 15.2 Å². The van der Waals surface area contributed by atoms with E-state index in [4.69, 9.17) is 27.9 Å². The average molecular weight is 415 g/mol. The molecule has 1 aliphatic carbocycles. The van der Waals surface area contributed by atoms with Crippen LogP contribution in [0, 0.1) is 17.8 Å². The molecule has 1 saturated carbocycles. The molecule has 7 nitrogen and oxygen atoms in total. The molecular formula is C16H17Cl2N4O3P. The summed E-state index contributed by atoms with van der Waals surface area (Å²) in [5, 5.41) is 17.8. The first-order chi connectivity index (χ1) is 12.5.